The first kappa shape index (κ1) is 25.7. The zero-order valence-corrected chi connectivity index (χ0v) is 20.0. The summed E-state index contributed by atoms with van der Waals surface area (Å²) in [5, 5.41) is 0. The van der Waals surface area contributed by atoms with Gasteiger partial charge in [0.2, 0.25) is 13.6 Å². The van der Waals surface area contributed by atoms with Crippen LogP contribution in [-0.4, -0.2) is 93.2 Å². The van der Waals surface area contributed by atoms with Gasteiger partial charge in [-0.2, -0.15) is 0 Å². The fourth-order valence-corrected chi connectivity index (χ4v) is 3.37. The van der Waals surface area contributed by atoms with Gasteiger partial charge in [-0.1, -0.05) is 19.9 Å². The predicted octanol–water partition coefficient (Wildman–Crippen LogP) is 2.58. The van der Waals surface area contributed by atoms with Crippen LogP contribution in [0.4, 0.5) is 4.79 Å². The van der Waals surface area contributed by atoms with Gasteiger partial charge in [0.15, 0.2) is 11.5 Å². The standard InChI is InChI=1S/C21H31N3O6.C2H6/c1-16(12-17-4-5-18-19(13-17)28-14-27-18)23(3)21(26)30-15-29-20(25)6-7-24-10-8-22(2)9-11-24;1-2/h4-5,13,16H,6-12,14-15H2,1-3H3;1-2H3. The summed E-state index contributed by atoms with van der Waals surface area (Å²) in [4.78, 5) is 30.1. The SMILES string of the molecule is CC.CC(Cc1ccc2c(c1)OCO2)N(C)C(=O)OCOC(=O)CCN1CCN(C)CC1. The topological polar surface area (TPSA) is 80.8 Å². The van der Waals surface area contributed by atoms with Crippen molar-refractivity contribution in [2.24, 2.45) is 0 Å². The molecular weight excluding hydrogens is 414 g/mol. The molecule has 0 aliphatic carbocycles. The van der Waals surface area contributed by atoms with E-state index in [-0.39, 0.29) is 32.0 Å². The van der Waals surface area contributed by atoms with Crippen LogP contribution in [0.3, 0.4) is 0 Å². The fourth-order valence-electron chi connectivity index (χ4n) is 3.37. The summed E-state index contributed by atoms with van der Waals surface area (Å²) in [6.07, 6.45) is 0.389. The molecule has 180 valence electrons. The van der Waals surface area contributed by atoms with Gasteiger partial charge in [0, 0.05) is 45.8 Å². The Morgan fingerprint density at radius 1 is 1.09 bits per heavy atom. The second kappa shape index (κ2) is 13.1. The Bertz CT molecular complexity index is 736. The number of hydrogen-bond acceptors (Lipinski definition) is 8. The summed E-state index contributed by atoms with van der Waals surface area (Å²) in [7, 11) is 3.75. The van der Waals surface area contributed by atoms with E-state index in [1.807, 2.05) is 39.0 Å². The molecule has 0 radical (unpaired) electrons. The molecule has 0 aromatic heterocycles. The van der Waals surface area contributed by atoms with E-state index in [1.165, 1.54) is 4.90 Å². The lowest BCUT2D eigenvalue weighted by Gasteiger charge is -2.31. The highest BCUT2D eigenvalue weighted by molar-refractivity contribution is 5.70. The summed E-state index contributed by atoms with van der Waals surface area (Å²) in [5.74, 6) is 1.08. The summed E-state index contributed by atoms with van der Waals surface area (Å²) in [6, 6.07) is 5.63. The molecule has 0 saturated carbocycles. The zero-order valence-electron chi connectivity index (χ0n) is 20.0. The number of piperazine rings is 1. The smallest absolute Gasteiger partial charge is 0.412 e. The minimum absolute atomic E-state index is 0.106. The van der Waals surface area contributed by atoms with Gasteiger partial charge in [-0.3, -0.25) is 4.79 Å². The van der Waals surface area contributed by atoms with E-state index >= 15 is 0 Å². The monoisotopic (exact) mass is 451 g/mol. The largest absolute Gasteiger partial charge is 0.454 e. The molecule has 0 spiro atoms. The molecule has 2 aliphatic rings. The first-order valence-electron chi connectivity index (χ1n) is 11.3. The van der Waals surface area contributed by atoms with Gasteiger partial charge in [-0.15, -0.1) is 0 Å². The first-order valence-corrected chi connectivity index (χ1v) is 11.3. The third-order valence-electron chi connectivity index (χ3n) is 5.55. The maximum atomic E-state index is 12.2. The number of ether oxygens (including phenoxy) is 4. The molecule has 1 amide bonds. The molecule has 1 fully saturated rings. The molecule has 3 rings (SSSR count). The fraction of sp³-hybridized carbons (Fsp3) is 0.652. The minimum atomic E-state index is -0.532. The maximum absolute atomic E-state index is 12.2. The van der Waals surface area contributed by atoms with Gasteiger partial charge >= 0.3 is 12.1 Å². The van der Waals surface area contributed by atoms with E-state index in [0.717, 1.165) is 37.5 Å². The molecule has 2 heterocycles. The molecule has 0 bridgehead atoms. The molecule has 0 N–H and O–H groups in total. The quantitative estimate of drug-likeness (QED) is 0.441. The summed E-state index contributed by atoms with van der Waals surface area (Å²) >= 11 is 0. The maximum Gasteiger partial charge on any atom is 0.412 e. The van der Waals surface area contributed by atoms with Crippen LogP contribution in [-0.2, 0) is 20.7 Å². The van der Waals surface area contributed by atoms with E-state index < -0.39 is 6.09 Å². The molecule has 1 aromatic carbocycles. The second-order valence-corrected chi connectivity index (χ2v) is 7.79. The van der Waals surface area contributed by atoms with Gasteiger partial charge < -0.3 is 33.6 Å². The Hall–Kier alpha value is -2.52. The highest BCUT2D eigenvalue weighted by Crippen LogP contribution is 2.32. The summed E-state index contributed by atoms with van der Waals surface area (Å²) < 4.78 is 20.8. The average Bonchev–Trinajstić information content (AvgIpc) is 3.27. The second-order valence-electron chi connectivity index (χ2n) is 7.79. The first-order chi connectivity index (χ1) is 15.4. The van der Waals surface area contributed by atoms with Crippen molar-refractivity contribution < 1.29 is 28.5 Å². The number of carbonyl (C=O) groups is 2. The third-order valence-corrected chi connectivity index (χ3v) is 5.55. The number of carbonyl (C=O) groups excluding carboxylic acids is 2. The highest BCUT2D eigenvalue weighted by atomic mass is 16.7. The highest BCUT2D eigenvalue weighted by Gasteiger charge is 2.20. The Morgan fingerprint density at radius 3 is 2.50 bits per heavy atom. The van der Waals surface area contributed by atoms with Crippen molar-refractivity contribution >= 4 is 12.1 Å². The van der Waals surface area contributed by atoms with Crippen LogP contribution in [0.5, 0.6) is 11.5 Å². The third kappa shape index (κ3) is 7.87. The zero-order chi connectivity index (χ0) is 23.5. The normalized spacial score (nSPS) is 16.5. The Labute approximate surface area is 191 Å². The van der Waals surface area contributed by atoms with Crippen molar-refractivity contribution in [2.45, 2.75) is 39.7 Å². The molecule has 1 aromatic rings. The van der Waals surface area contributed by atoms with Gasteiger partial charge in [-0.25, -0.2) is 4.79 Å². The lowest BCUT2D eigenvalue weighted by Crippen LogP contribution is -2.45. The van der Waals surface area contributed by atoms with Crippen LogP contribution in [0.1, 0.15) is 32.8 Å². The van der Waals surface area contributed by atoms with Crippen molar-refractivity contribution in [3.05, 3.63) is 23.8 Å². The van der Waals surface area contributed by atoms with Crippen LogP contribution in [0.25, 0.3) is 0 Å². The minimum Gasteiger partial charge on any atom is -0.454 e. The van der Waals surface area contributed by atoms with Crippen LogP contribution >= 0.6 is 0 Å². The van der Waals surface area contributed by atoms with Crippen LogP contribution < -0.4 is 9.47 Å². The van der Waals surface area contributed by atoms with Crippen molar-refractivity contribution in [3.63, 3.8) is 0 Å². The van der Waals surface area contributed by atoms with Gasteiger partial charge in [0.1, 0.15) is 0 Å². The Morgan fingerprint density at radius 2 is 1.78 bits per heavy atom. The number of nitrogens with zero attached hydrogens (tertiary/aromatic N) is 3. The van der Waals surface area contributed by atoms with Crippen molar-refractivity contribution in [3.8, 4) is 11.5 Å². The Balaban J connectivity index is 0.00000176. The number of likely N-dealkylation sites (N-methyl/N-ethyl adjacent to an activating group) is 2. The van der Waals surface area contributed by atoms with E-state index in [2.05, 4.69) is 16.8 Å². The molecule has 1 saturated heterocycles. The predicted molar refractivity (Wildman–Crippen MR) is 121 cm³/mol. The van der Waals surface area contributed by atoms with E-state index in [9.17, 15) is 9.59 Å². The molecule has 9 heteroatoms. The molecule has 1 unspecified atom stereocenters. The lowest BCUT2D eigenvalue weighted by atomic mass is 10.1. The van der Waals surface area contributed by atoms with E-state index in [0.29, 0.717) is 18.7 Å². The number of esters is 1. The molecule has 9 nitrogen and oxygen atoms in total. The number of amides is 1. The number of hydrogen-bond donors (Lipinski definition) is 0. The average molecular weight is 452 g/mol. The lowest BCUT2D eigenvalue weighted by molar-refractivity contribution is -0.152. The van der Waals surface area contributed by atoms with Crippen LogP contribution in [0.2, 0.25) is 0 Å². The Kier molecular flexibility index (Phi) is 10.6. The van der Waals surface area contributed by atoms with E-state index in [4.69, 9.17) is 18.9 Å². The molecule has 1 atom stereocenters. The van der Waals surface area contributed by atoms with Gasteiger partial charge in [0.05, 0.1) is 6.42 Å². The van der Waals surface area contributed by atoms with Crippen molar-refractivity contribution in [2.75, 3.05) is 60.4 Å². The molecule has 32 heavy (non-hydrogen) atoms. The number of benzene rings is 1. The van der Waals surface area contributed by atoms with Crippen molar-refractivity contribution in [1.29, 1.82) is 0 Å². The number of rotatable bonds is 8. The van der Waals surface area contributed by atoms with Gasteiger partial charge in [-0.05, 0) is 38.1 Å². The van der Waals surface area contributed by atoms with Gasteiger partial charge in [0.25, 0.3) is 0 Å². The van der Waals surface area contributed by atoms with Crippen molar-refractivity contribution in [1.82, 2.24) is 14.7 Å². The summed E-state index contributed by atoms with van der Waals surface area (Å²) in [6.45, 7) is 10.3. The van der Waals surface area contributed by atoms with Crippen LogP contribution in [0.15, 0.2) is 18.2 Å². The van der Waals surface area contributed by atoms with Crippen LogP contribution in [0, 0.1) is 0 Å². The summed E-state index contributed by atoms with van der Waals surface area (Å²) in [5.41, 5.74) is 1.03. The molecule has 2 aliphatic heterocycles. The number of fused-ring (bicyclic) bond motifs is 1. The van der Waals surface area contributed by atoms with E-state index in [1.54, 1.807) is 7.05 Å². The molecular formula is C23H37N3O6.